The highest BCUT2D eigenvalue weighted by Crippen LogP contribution is 2.31. The van der Waals surface area contributed by atoms with Gasteiger partial charge in [0.15, 0.2) is 0 Å². The first-order valence-electron chi connectivity index (χ1n) is 7.65. The van der Waals surface area contributed by atoms with Gasteiger partial charge in [0.2, 0.25) is 5.91 Å². The lowest BCUT2D eigenvalue weighted by molar-refractivity contribution is -0.137. The number of alkyl carbamates (subject to hydrolysis) is 1. The number of amides is 2. The van der Waals surface area contributed by atoms with Gasteiger partial charge in [0.05, 0.1) is 18.1 Å². The highest BCUT2D eigenvalue weighted by molar-refractivity contribution is 5.83. The number of rotatable bonds is 7. The molecule has 1 aromatic rings. The van der Waals surface area contributed by atoms with Crippen LogP contribution >= 0.6 is 0 Å². The third-order valence-electron chi connectivity index (χ3n) is 3.31. The number of hydrogen-bond donors (Lipinski definition) is 2. The second-order valence-corrected chi connectivity index (χ2v) is 5.02. The number of halogens is 3. The highest BCUT2D eigenvalue weighted by atomic mass is 19.4. The van der Waals surface area contributed by atoms with Gasteiger partial charge in [-0.15, -0.1) is 0 Å². The number of carbonyl (C=O) groups is 2. The predicted molar refractivity (Wildman–Crippen MR) is 82.5 cm³/mol. The van der Waals surface area contributed by atoms with E-state index in [2.05, 4.69) is 15.4 Å². The van der Waals surface area contributed by atoms with Gasteiger partial charge in [0.25, 0.3) is 0 Å². The predicted octanol–water partition coefficient (Wildman–Crippen LogP) is 3.06. The number of hydrogen-bond acceptors (Lipinski definition) is 3. The summed E-state index contributed by atoms with van der Waals surface area (Å²) in [6.45, 7) is 3.96. The molecule has 24 heavy (non-hydrogen) atoms. The summed E-state index contributed by atoms with van der Waals surface area (Å²) < 4.78 is 43.0. The molecule has 0 saturated carbocycles. The fourth-order valence-corrected chi connectivity index (χ4v) is 2.16. The number of carbonyl (C=O) groups excluding carboxylic acids is 2. The van der Waals surface area contributed by atoms with Crippen LogP contribution in [0.5, 0.6) is 0 Å². The van der Waals surface area contributed by atoms with E-state index in [1.807, 2.05) is 0 Å². The largest absolute Gasteiger partial charge is 0.450 e. The molecular formula is C16H21F3N2O3. The van der Waals surface area contributed by atoms with E-state index in [1.54, 1.807) is 13.8 Å². The Morgan fingerprint density at radius 2 is 1.83 bits per heavy atom. The Bertz CT molecular complexity index is 562. The Balaban J connectivity index is 2.63. The monoisotopic (exact) mass is 346 g/mol. The molecule has 1 aromatic carbocycles. The molecule has 2 N–H and O–H groups in total. The molecule has 5 nitrogen and oxygen atoms in total. The Morgan fingerprint density at radius 3 is 2.42 bits per heavy atom. The molecule has 0 aliphatic heterocycles. The van der Waals surface area contributed by atoms with Crippen LogP contribution in [0.1, 0.15) is 37.3 Å². The minimum absolute atomic E-state index is 0.160. The Kier molecular flexibility index (Phi) is 7.54. The average Bonchev–Trinajstić information content (AvgIpc) is 2.52. The quantitative estimate of drug-likeness (QED) is 0.746. The lowest BCUT2D eigenvalue weighted by Crippen LogP contribution is -2.37. The molecule has 0 spiro atoms. The maximum absolute atomic E-state index is 12.8. The van der Waals surface area contributed by atoms with Gasteiger partial charge < -0.3 is 15.4 Å². The highest BCUT2D eigenvalue weighted by Gasteiger charge is 2.31. The maximum atomic E-state index is 12.8. The van der Waals surface area contributed by atoms with Crippen molar-refractivity contribution < 1.29 is 27.5 Å². The normalized spacial score (nSPS) is 12.4. The SMILES string of the molecule is CCOC(=O)NCCNC(=O)[C@@H](CC)c1cccc(C(F)(F)F)c1. The number of ether oxygens (including phenoxy) is 1. The molecule has 0 aromatic heterocycles. The van der Waals surface area contributed by atoms with Crippen LogP contribution in [0.3, 0.4) is 0 Å². The molecule has 2 amide bonds. The van der Waals surface area contributed by atoms with Gasteiger partial charge in [-0.25, -0.2) is 4.79 Å². The van der Waals surface area contributed by atoms with Gasteiger partial charge >= 0.3 is 12.3 Å². The molecule has 1 atom stereocenters. The van der Waals surface area contributed by atoms with Crippen molar-refractivity contribution in [2.24, 2.45) is 0 Å². The minimum Gasteiger partial charge on any atom is -0.450 e. The fraction of sp³-hybridized carbons (Fsp3) is 0.500. The molecule has 0 unspecified atom stereocenters. The maximum Gasteiger partial charge on any atom is 0.416 e. The van der Waals surface area contributed by atoms with Crippen LogP contribution in [0.4, 0.5) is 18.0 Å². The first kappa shape index (κ1) is 19.8. The first-order valence-corrected chi connectivity index (χ1v) is 7.65. The molecule has 0 aliphatic rings. The molecule has 0 heterocycles. The summed E-state index contributed by atoms with van der Waals surface area (Å²) >= 11 is 0. The van der Waals surface area contributed by atoms with Crippen LogP contribution in [-0.2, 0) is 15.7 Å². The zero-order valence-corrected chi connectivity index (χ0v) is 13.6. The second kappa shape index (κ2) is 9.14. The van der Waals surface area contributed by atoms with Crippen LogP contribution in [0.25, 0.3) is 0 Å². The third-order valence-corrected chi connectivity index (χ3v) is 3.31. The van der Waals surface area contributed by atoms with Crippen LogP contribution < -0.4 is 10.6 Å². The van der Waals surface area contributed by atoms with E-state index in [0.717, 1.165) is 12.1 Å². The number of nitrogens with one attached hydrogen (secondary N) is 2. The van der Waals surface area contributed by atoms with Crippen LogP contribution in [0.15, 0.2) is 24.3 Å². The van der Waals surface area contributed by atoms with Crippen molar-refractivity contribution in [3.63, 3.8) is 0 Å². The van der Waals surface area contributed by atoms with Gasteiger partial charge in [-0.05, 0) is 25.0 Å². The van der Waals surface area contributed by atoms with E-state index in [1.165, 1.54) is 12.1 Å². The summed E-state index contributed by atoms with van der Waals surface area (Å²) in [7, 11) is 0. The van der Waals surface area contributed by atoms with E-state index in [-0.39, 0.29) is 25.6 Å². The summed E-state index contributed by atoms with van der Waals surface area (Å²) in [5, 5.41) is 5.04. The van der Waals surface area contributed by atoms with Gasteiger partial charge in [0, 0.05) is 13.1 Å². The zero-order valence-electron chi connectivity index (χ0n) is 13.6. The third kappa shape index (κ3) is 6.10. The molecule has 0 fully saturated rings. The molecule has 0 radical (unpaired) electrons. The van der Waals surface area contributed by atoms with Crippen molar-refractivity contribution >= 4 is 12.0 Å². The van der Waals surface area contributed by atoms with Crippen LogP contribution in [0.2, 0.25) is 0 Å². The molecule has 1 rings (SSSR count). The van der Waals surface area contributed by atoms with Gasteiger partial charge in [0.1, 0.15) is 0 Å². The Labute approximate surface area is 138 Å². The Hall–Kier alpha value is -2.25. The molecule has 0 bridgehead atoms. The first-order chi connectivity index (χ1) is 11.3. The van der Waals surface area contributed by atoms with E-state index in [0.29, 0.717) is 12.0 Å². The lowest BCUT2D eigenvalue weighted by Gasteiger charge is -2.17. The van der Waals surface area contributed by atoms with E-state index in [9.17, 15) is 22.8 Å². The molecule has 8 heteroatoms. The zero-order chi connectivity index (χ0) is 18.2. The smallest absolute Gasteiger partial charge is 0.416 e. The van der Waals surface area contributed by atoms with Gasteiger partial charge in [-0.2, -0.15) is 13.2 Å². The van der Waals surface area contributed by atoms with Crippen molar-refractivity contribution in [1.29, 1.82) is 0 Å². The van der Waals surface area contributed by atoms with Crippen molar-refractivity contribution in [1.82, 2.24) is 10.6 Å². The van der Waals surface area contributed by atoms with Crippen LogP contribution in [-0.4, -0.2) is 31.7 Å². The Morgan fingerprint density at radius 1 is 1.17 bits per heavy atom. The lowest BCUT2D eigenvalue weighted by atomic mass is 9.94. The summed E-state index contributed by atoms with van der Waals surface area (Å²) in [6.07, 6.45) is -4.68. The van der Waals surface area contributed by atoms with Gasteiger partial charge in [-0.3, -0.25) is 4.79 Å². The van der Waals surface area contributed by atoms with E-state index < -0.39 is 23.8 Å². The van der Waals surface area contributed by atoms with E-state index >= 15 is 0 Å². The standard InChI is InChI=1S/C16H21F3N2O3/c1-3-13(11-6-5-7-12(10-11)16(17,18)19)14(22)20-8-9-21-15(23)24-4-2/h5-7,10,13H,3-4,8-9H2,1-2H3,(H,20,22)(H,21,23)/t13-/m0/s1. The van der Waals surface area contributed by atoms with Crippen molar-refractivity contribution in [3.05, 3.63) is 35.4 Å². The second-order valence-electron chi connectivity index (χ2n) is 5.02. The van der Waals surface area contributed by atoms with Crippen molar-refractivity contribution in [2.75, 3.05) is 19.7 Å². The molecule has 0 saturated heterocycles. The average molecular weight is 346 g/mol. The molecular weight excluding hydrogens is 325 g/mol. The summed E-state index contributed by atoms with van der Waals surface area (Å²) in [5.74, 6) is -1.07. The topological polar surface area (TPSA) is 67.4 Å². The van der Waals surface area contributed by atoms with Crippen LogP contribution in [0, 0.1) is 0 Å². The summed E-state index contributed by atoms with van der Waals surface area (Å²) in [6, 6.07) is 4.75. The van der Waals surface area contributed by atoms with Crippen molar-refractivity contribution in [2.45, 2.75) is 32.4 Å². The fourth-order valence-electron chi connectivity index (χ4n) is 2.16. The van der Waals surface area contributed by atoms with Crippen molar-refractivity contribution in [3.8, 4) is 0 Å². The molecule has 134 valence electrons. The number of benzene rings is 1. The summed E-state index contributed by atoms with van der Waals surface area (Å²) in [4.78, 5) is 23.2. The molecule has 0 aliphatic carbocycles. The summed E-state index contributed by atoms with van der Waals surface area (Å²) in [5.41, 5.74) is -0.474. The van der Waals surface area contributed by atoms with E-state index in [4.69, 9.17) is 0 Å². The minimum atomic E-state index is -4.45. The van der Waals surface area contributed by atoms with Gasteiger partial charge in [-0.1, -0.05) is 25.1 Å². The number of alkyl halides is 3.